The summed E-state index contributed by atoms with van der Waals surface area (Å²) < 4.78 is 11.2. The summed E-state index contributed by atoms with van der Waals surface area (Å²) in [6, 6.07) is 0. The highest BCUT2D eigenvalue weighted by Gasteiger charge is 2.35. The minimum atomic E-state index is 0. The van der Waals surface area contributed by atoms with Crippen molar-refractivity contribution in [3.8, 4) is 0 Å². The molecule has 2 heterocycles. The molecule has 0 amide bonds. The van der Waals surface area contributed by atoms with E-state index in [0.29, 0.717) is 5.92 Å². The molecule has 5 nitrogen and oxygen atoms in total. The van der Waals surface area contributed by atoms with Gasteiger partial charge >= 0.3 is 0 Å². The molecule has 1 saturated carbocycles. The summed E-state index contributed by atoms with van der Waals surface area (Å²) in [5.41, 5.74) is 0. The largest absolute Gasteiger partial charge is 0.381 e. The quantitative estimate of drug-likeness (QED) is 0.284. The summed E-state index contributed by atoms with van der Waals surface area (Å²) in [4.78, 5) is 6.97. The fourth-order valence-electron chi connectivity index (χ4n) is 4.45. The van der Waals surface area contributed by atoms with Gasteiger partial charge in [-0.2, -0.15) is 0 Å². The molecule has 25 heavy (non-hydrogen) atoms. The zero-order chi connectivity index (χ0) is 16.6. The lowest BCUT2D eigenvalue weighted by atomic mass is 9.82. The van der Waals surface area contributed by atoms with E-state index >= 15 is 0 Å². The number of nitrogens with one attached hydrogen (secondary N) is 1. The Bertz CT molecular complexity index is 388. The van der Waals surface area contributed by atoms with Crippen LogP contribution in [0.25, 0.3) is 0 Å². The first-order valence-corrected chi connectivity index (χ1v) is 9.98. The molecule has 146 valence electrons. The number of guanidine groups is 1. The first kappa shape index (κ1) is 21.2. The van der Waals surface area contributed by atoms with Crippen molar-refractivity contribution in [2.24, 2.45) is 22.7 Å². The van der Waals surface area contributed by atoms with E-state index in [4.69, 9.17) is 9.47 Å². The SMILES string of the molecule is CN=C(NCCCOCC1CCOCC1)N1CC2CCCCC2C1.I. The number of fused-ring (bicyclic) bond motifs is 1. The van der Waals surface area contributed by atoms with Crippen molar-refractivity contribution in [2.45, 2.75) is 44.9 Å². The summed E-state index contributed by atoms with van der Waals surface area (Å²) in [5.74, 6) is 3.60. The smallest absolute Gasteiger partial charge is 0.193 e. The molecule has 3 aliphatic rings. The van der Waals surface area contributed by atoms with Gasteiger partial charge in [0, 0.05) is 53.1 Å². The minimum Gasteiger partial charge on any atom is -0.381 e. The van der Waals surface area contributed by atoms with Gasteiger partial charge in [-0.3, -0.25) is 4.99 Å². The van der Waals surface area contributed by atoms with Crippen molar-refractivity contribution < 1.29 is 9.47 Å². The molecule has 1 aliphatic carbocycles. The van der Waals surface area contributed by atoms with Gasteiger partial charge in [0.15, 0.2) is 5.96 Å². The normalized spacial score (nSPS) is 27.7. The zero-order valence-corrected chi connectivity index (χ0v) is 18.1. The number of ether oxygens (including phenoxy) is 2. The van der Waals surface area contributed by atoms with Gasteiger partial charge in [-0.05, 0) is 49.9 Å². The average molecular weight is 465 g/mol. The second-order valence-corrected chi connectivity index (χ2v) is 7.67. The molecule has 2 unspecified atom stereocenters. The van der Waals surface area contributed by atoms with Crippen LogP contribution in [0.2, 0.25) is 0 Å². The fourth-order valence-corrected chi connectivity index (χ4v) is 4.45. The van der Waals surface area contributed by atoms with Crippen molar-refractivity contribution >= 4 is 29.9 Å². The summed E-state index contributed by atoms with van der Waals surface area (Å²) >= 11 is 0. The molecule has 2 atom stereocenters. The molecule has 1 N–H and O–H groups in total. The van der Waals surface area contributed by atoms with E-state index in [1.807, 2.05) is 7.05 Å². The summed E-state index contributed by atoms with van der Waals surface area (Å²) in [6.45, 7) is 6.90. The highest BCUT2D eigenvalue weighted by molar-refractivity contribution is 14.0. The highest BCUT2D eigenvalue weighted by atomic mass is 127. The lowest BCUT2D eigenvalue weighted by molar-refractivity contribution is 0.0203. The molecule has 3 rings (SSSR count). The molecule has 0 aromatic heterocycles. The molecule has 0 aromatic rings. The van der Waals surface area contributed by atoms with E-state index in [1.54, 1.807) is 0 Å². The molecular weight excluding hydrogens is 429 g/mol. The van der Waals surface area contributed by atoms with Crippen LogP contribution >= 0.6 is 24.0 Å². The average Bonchev–Trinajstić information content (AvgIpc) is 3.06. The van der Waals surface area contributed by atoms with Crippen LogP contribution in [-0.2, 0) is 9.47 Å². The maximum Gasteiger partial charge on any atom is 0.193 e. The Kier molecular flexibility index (Phi) is 9.84. The minimum absolute atomic E-state index is 0. The van der Waals surface area contributed by atoms with Gasteiger partial charge in [0.25, 0.3) is 0 Å². The van der Waals surface area contributed by atoms with Crippen LogP contribution in [0.15, 0.2) is 4.99 Å². The second-order valence-electron chi connectivity index (χ2n) is 7.67. The number of hydrogen-bond donors (Lipinski definition) is 1. The van der Waals surface area contributed by atoms with Crippen LogP contribution in [-0.4, -0.2) is 64.0 Å². The summed E-state index contributed by atoms with van der Waals surface area (Å²) in [7, 11) is 1.91. The van der Waals surface area contributed by atoms with Crippen molar-refractivity contribution in [3.63, 3.8) is 0 Å². The molecule has 2 aliphatic heterocycles. The van der Waals surface area contributed by atoms with Crippen molar-refractivity contribution in [1.29, 1.82) is 0 Å². The van der Waals surface area contributed by atoms with Gasteiger partial charge in [0.05, 0.1) is 0 Å². The van der Waals surface area contributed by atoms with E-state index < -0.39 is 0 Å². The maximum atomic E-state index is 5.84. The van der Waals surface area contributed by atoms with Gasteiger partial charge in [0.2, 0.25) is 0 Å². The molecule has 6 heteroatoms. The number of nitrogens with zero attached hydrogens (tertiary/aromatic N) is 2. The molecule has 0 bridgehead atoms. The number of aliphatic imine (C=N–C) groups is 1. The van der Waals surface area contributed by atoms with E-state index in [2.05, 4.69) is 15.2 Å². The number of likely N-dealkylation sites (tertiary alicyclic amines) is 1. The van der Waals surface area contributed by atoms with Gasteiger partial charge in [-0.1, -0.05) is 12.8 Å². The van der Waals surface area contributed by atoms with Crippen LogP contribution < -0.4 is 5.32 Å². The number of rotatable bonds is 6. The van der Waals surface area contributed by atoms with Crippen molar-refractivity contribution in [2.75, 3.05) is 53.1 Å². The molecule has 3 fully saturated rings. The number of hydrogen-bond acceptors (Lipinski definition) is 3. The van der Waals surface area contributed by atoms with Crippen LogP contribution in [0.3, 0.4) is 0 Å². The highest BCUT2D eigenvalue weighted by Crippen LogP contribution is 2.35. The standard InChI is InChI=1S/C19H35N3O2.HI/c1-20-19(22-13-17-5-2-3-6-18(17)14-22)21-9-4-10-24-15-16-7-11-23-12-8-16;/h16-18H,2-15H2,1H3,(H,20,21);1H. The Morgan fingerprint density at radius 1 is 1.12 bits per heavy atom. The van der Waals surface area contributed by atoms with E-state index in [-0.39, 0.29) is 24.0 Å². The first-order valence-electron chi connectivity index (χ1n) is 9.98. The number of halogens is 1. The lowest BCUT2D eigenvalue weighted by Crippen LogP contribution is -2.40. The summed E-state index contributed by atoms with van der Waals surface area (Å²) in [6.07, 6.45) is 9.03. The molecule has 0 radical (unpaired) electrons. The third-order valence-electron chi connectivity index (χ3n) is 5.93. The first-order chi connectivity index (χ1) is 11.9. The third-order valence-corrected chi connectivity index (χ3v) is 5.93. The van der Waals surface area contributed by atoms with Crippen LogP contribution in [0.1, 0.15) is 44.9 Å². The van der Waals surface area contributed by atoms with E-state index in [9.17, 15) is 0 Å². The van der Waals surface area contributed by atoms with E-state index in [1.165, 1.54) is 38.8 Å². The topological polar surface area (TPSA) is 46.1 Å². The van der Waals surface area contributed by atoms with Crippen LogP contribution in [0, 0.1) is 17.8 Å². The summed E-state index contributed by atoms with van der Waals surface area (Å²) in [5, 5.41) is 3.54. The van der Waals surface area contributed by atoms with Crippen molar-refractivity contribution in [1.82, 2.24) is 10.2 Å². The lowest BCUT2D eigenvalue weighted by Gasteiger charge is -2.22. The van der Waals surface area contributed by atoms with Crippen molar-refractivity contribution in [3.05, 3.63) is 0 Å². The van der Waals surface area contributed by atoms with Gasteiger partial charge in [-0.15, -0.1) is 24.0 Å². The predicted molar refractivity (Wildman–Crippen MR) is 113 cm³/mol. The molecule has 2 saturated heterocycles. The molecule has 0 aromatic carbocycles. The second kappa shape index (κ2) is 11.6. The molecular formula is C19H36IN3O2. The zero-order valence-electron chi connectivity index (χ0n) is 15.8. The van der Waals surface area contributed by atoms with E-state index in [0.717, 1.165) is 70.0 Å². The predicted octanol–water partition coefficient (Wildman–Crippen LogP) is 3.14. The Labute approximate surface area is 170 Å². The molecule has 0 spiro atoms. The van der Waals surface area contributed by atoms with Crippen LogP contribution in [0.5, 0.6) is 0 Å². The third kappa shape index (κ3) is 6.54. The monoisotopic (exact) mass is 465 g/mol. The Hall–Kier alpha value is -0.0800. The Morgan fingerprint density at radius 3 is 2.44 bits per heavy atom. The van der Waals surface area contributed by atoms with Gasteiger partial charge in [-0.25, -0.2) is 0 Å². The Balaban J connectivity index is 0.00000225. The maximum absolute atomic E-state index is 5.84. The Morgan fingerprint density at radius 2 is 1.80 bits per heavy atom. The van der Waals surface area contributed by atoms with Crippen LogP contribution in [0.4, 0.5) is 0 Å². The van der Waals surface area contributed by atoms with Gasteiger partial charge in [0.1, 0.15) is 0 Å². The fraction of sp³-hybridized carbons (Fsp3) is 0.947. The van der Waals surface area contributed by atoms with Gasteiger partial charge < -0.3 is 19.7 Å².